The van der Waals surface area contributed by atoms with Gasteiger partial charge in [-0.15, -0.1) is 0 Å². The van der Waals surface area contributed by atoms with Crippen LogP contribution in [-0.4, -0.2) is 36.6 Å². The summed E-state index contributed by atoms with van der Waals surface area (Å²) in [5.74, 6) is 0. The second kappa shape index (κ2) is 5.34. The van der Waals surface area contributed by atoms with Crippen molar-refractivity contribution < 1.29 is 0 Å². The fourth-order valence-electron chi connectivity index (χ4n) is 3.54. The van der Waals surface area contributed by atoms with Crippen LogP contribution >= 0.6 is 0 Å². The molecule has 0 aliphatic carbocycles. The fraction of sp³-hybridized carbons (Fsp3) is 0.562. The minimum Gasteiger partial charge on any atom is -0.398 e. The van der Waals surface area contributed by atoms with E-state index in [9.17, 15) is 0 Å². The van der Waals surface area contributed by atoms with Gasteiger partial charge in [-0.05, 0) is 44.5 Å². The monoisotopic (exact) mass is 270 g/mol. The van der Waals surface area contributed by atoms with E-state index in [0.717, 1.165) is 18.8 Å². The first-order chi connectivity index (χ1) is 9.69. The van der Waals surface area contributed by atoms with E-state index in [1.807, 2.05) is 18.2 Å². The van der Waals surface area contributed by atoms with Gasteiger partial charge in [0.05, 0.1) is 11.3 Å². The lowest BCUT2D eigenvalue weighted by molar-refractivity contribution is 0.115. The Bertz CT molecular complexity index is 534. The van der Waals surface area contributed by atoms with Gasteiger partial charge in [-0.25, -0.2) is 0 Å². The van der Waals surface area contributed by atoms with Crippen LogP contribution in [-0.2, 0) is 0 Å². The molecule has 1 aromatic rings. The van der Waals surface area contributed by atoms with Crippen molar-refractivity contribution in [1.29, 1.82) is 5.26 Å². The molecular formula is C16H22N4. The Morgan fingerprint density at radius 2 is 2.15 bits per heavy atom. The molecule has 2 fully saturated rings. The highest BCUT2D eigenvalue weighted by molar-refractivity contribution is 5.64. The summed E-state index contributed by atoms with van der Waals surface area (Å²) in [5, 5.41) is 8.98. The number of nitrogens with two attached hydrogens (primary N) is 1. The van der Waals surface area contributed by atoms with Crippen molar-refractivity contribution in [3.8, 4) is 6.07 Å². The van der Waals surface area contributed by atoms with Crippen LogP contribution in [0, 0.1) is 11.3 Å². The molecule has 2 unspecified atom stereocenters. The van der Waals surface area contributed by atoms with Crippen molar-refractivity contribution >= 4 is 11.4 Å². The van der Waals surface area contributed by atoms with Crippen LogP contribution < -0.4 is 10.6 Å². The lowest BCUT2D eigenvalue weighted by Gasteiger charge is -2.48. The Labute approximate surface area is 120 Å². The van der Waals surface area contributed by atoms with E-state index in [1.165, 1.54) is 25.8 Å². The van der Waals surface area contributed by atoms with Crippen LogP contribution in [0.3, 0.4) is 0 Å². The fourth-order valence-corrected chi connectivity index (χ4v) is 3.54. The number of hydrogen-bond donors (Lipinski definition) is 1. The van der Waals surface area contributed by atoms with Gasteiger partial charge in [0.25, 0.3) is 0 Å². The van der Waals surface area contributed by atoms with Gasteiger partial charge in [-0.2, -0.15) is 5.26 Å². The molecule has 2 saturated heterocycles. The largest absolute Gasteiger partial charge is 0.398 e. The van der Waals surface area contributed by atoms with E-state index in [1.54, 1.807) is 0 Å². The van der Waals surface area contributed by atoms with E-state index < -0.39 is 0 Å². The summed E-state index contributed by atoms with van der Waals surface area (Å²) in [7, 11) is 0. The second-order valence-corrected chi connectivity index (χ2v) is 6.03. The Balaban J connectivity index is 1.82. The minimum absolute atomic E-state index is 0.497. The lowest BCUT2D eigenvalue weighted by atomic mass is 9.96. The van der Waals surface area contributed by atoms with Gasteiger partial charge >= 0.3 is 0 Å². The van der Waals surface area contributed by atoms with Crippen molar-refractivity contribution in [3.63, 3.8) is 0 Å². The Hall–Kier alpha value is -1.73. The van der Waals surface area contributed by atoms with E-state index >= 15 is 0 Å². The quantitative estimate of drug-likeness (QED) is 0.795. The molecule has 4 heteroatoms. The summed E-state index contributed by atoms with van der Waals surface area (Å²) in [6.07, 6.45) is 3.99. The zero-order valence-electron chi connectivity index (χ0n) is 12.0. The zero-order valence-corrected chi connectivity index (χ0v) is 12.0. The molecule has 2 N–H and O–H groups in total. The zero-order chi connectivity index (χ0) is 14.1. The van der Waals surface area contributed by atoms with Crippen molar-refractivity contribution in [2.24, 2.45) is 0 Å². The van der Waals surface area contributed by atoms with Crippen molar-refractivity contribution in [2.45, 2.75) is 38.3 Å². The van der Waals surface area contributed by atoms with Crippen LogP contribution in [0.2, 0.25) is 0 Å². The van der Waals surface area contributed by atoms with E-state index in [4.69, 9.17) is 11.0 Å². The molecule has 0 bridgehead atoms. The molecule has 2 aliphatic rings. The third-order valence-corrected chi connectivity index (χ3v) is 4.67. The maximum atomic E-state index is 8.98. The van der Waals surface area contributed by atoms with Gasteiger partial charge in [0.15, 0.2) is 0 Å². The molecule has 1 aromatic carbocycles. The first-order valence-corrected chi connectivity index (χ1v) is 7.49. The van der Waals surface area contributed by atoms with Gasteiger partial charge in [-0.1, -0.05) is 6.42 Å². The predicted octanol–water partition coefficient (Wildman–Crippen LogP) is 2.20. The van der Waals surface area contributed by atoms with Crippen LogP contribution in [0.5, 0.6) is 0 Å². The summed E-state index contributed by atoms with van der Waals surface area (Å²) in [6, 6.07) is 9.13. The molecule has 3 rings (SSSR count). The molecule has 2 aliphatic heterocycles. The number of nitrogen functional groups attached to an aromatic ring is 1. The Morgan fingerprint density at radius 3 is 2.90 bits per heavy atom. The maximum Gasteiger partial charge on any atom is 0.101 e. The average Bonchev–Trinajstić information content (AvgIpc) is 2.46. The second-order valence-electron chi connectivity index (χ2n) is 6.03. The Morgan fingerprint density at radius 1 is 1.30 bits per heavy atom. The number of piperazine rings is 1. The van der Waals surface area contributed by atoms with Crippen molar-refractivity contribution in [3.05, 3.63) is 23.8 Å². The molecular weight excluding hydrogens is 248 g/mol. The maximum absolute atomic E-state index is 8.98. The lowest BCUT2D eigenvalue weighted by Crippen LogP contribution is -2.58. The summed E-state index contributed by atoms with van der Waals surface area (Å²) >= 11 is 0. The molecule has 20 heavy (non-hydrogen) atoms. The smallest absolute Gasteiger partial charge is 0.101 e. The van der Waals surface area contributed by atoms with Gasteiger partial charge in [0.1, 0.15) is 6.07 Å². The van der Waals surface area contributed by atoms with Gasteiger partial charge in [0, 0.05) is 30.9 Å². The molecule has 106 valence electrons. The number of rotatable bonds is 1. The molecule has 0 radical (unpaired) electrons. The van der Waals surface area contributed by atoms with E-state index in [0.29, 0.717) is 23.3 Å². The number of piperidine rings is 1. The van der Waals surface area contributed by atoms with Crippen LogP contribution in [0.15, 0.2) is 18.2 Å². The topological polar surface area (TPSA) is 56.3 Å². The van der Waals surface area contributed by atoms with Gasteiger partial charge < -0.3 is 10.6 Å². The molecule has 0 saturated carbocycles. The SMILES string of the molecule is CC1CN2CCCCC2CN1c1ccc(C#N)c(N)c1. The molecule has 2 atom stereocenters. The van der Waals surface area contributed by atoms with Crippen molar-refractivity contribution in [2.75, 3.05) is 30.3 Å². The van der Waals surface area contributed by atoms with Gasteiger partial charge in [-0.3, -0.25) is 4.90 Å². The molecule has 0 amide bonds. The minimum atomic E-state index is 0.497. The van der Waals surface area contributed by atoms with E-state index in [2.05, 4.69) is 22.8 Å². The van der Waals surface area contributed by atoms with Crippen LogP contribution in [0.25, 0.3) is 0 Å². The first-order valence-electron chi connectivity index (χ1n) is 7.49. The average molecular weight is 270 g/mol. The highest BCUT2D eigenvalue weighted by Crippen LogP contribution is 2.29. The number of benzene rings is 1. The summed E-state index contributed by atoms with van der Waals surface area (Å²) in [5.41, 5.74) is 8.26. The third kappa shape index (κ3) is 2.34. The molecule has 2 heterocycles. The normalized spacial score (nSPS) is 26.9. The molecule has 0 aromatic heterocycles. The molecule has 0 spiro atoms. The summed E-state index contributed by atoms with van der Waals surface area (Å²) < 4.78 is 0. The standard InChI is InChI=1S/C16H22N4/c1-12-10-19-7-3-2-4-15(19)11-20(12)14-6-5-13(9-17)16(18)8-14/h5-6,8,12,15H,2-4,7,10-11,18H2,1H3. The number of fused-ring (bicyclic) bond motifs is 1. The van der Waals surface area contributed by atoms with Crippen LogP contribution in [0.1, 0.15) is 31.7 Å². The van der Waals surface area contributed by atoms with Gasteiger partial charge in [0.2, 0.25) is 0 Å². The van der Waals surface area contributed by atoms with E-state index in [-0.39, 0.29) is 0 Å². The first kappa shape index (κ1) is 13.3. The molecule has 4 nitrogen and oxygen atoms in total. The summed E-state index contributed by atoms with van der Waals surface area (Å²) in [4.78, 5) is 5.08. The highest BCUT2D eigenvalue weighted by Gasteiger charge is 2.33. The van der Waals surface area contributed by atoms with Crippen molar-refractivity contribution in [1.82, 2.24) is 4.90 Å². The highest BCUT2D eigenvalue weighted by atomic mass is 15.3. The number of anilines is 2. The number of nitriles is 1. The predicted molar refractivity (Wildman–Crippen MR) is 81.6 cm³/mol. The number of nitrogens with zero attached hydrogens (tertiary/aromatic N) is 3. The van der Waals surface area contributed by atoms with Crippen LogP contribution in [0.4, 0.5) is 11.4 Å². The number of hydrogen-bond acceptors (Lipinski definition) is 4. The third-order valence-electron chi connectivity index (χ3n) is 4.67. The summed E-state index contributed by atoms with van der Waals surface area (Å²) in [6.45, 7) is 5.73. The Kier molecular flexibility index (Phi) is 3.54.